The van der Waals surface area contributed by atoms with Crippen LogP contribution < -0.4 is 5.73 Å². The first-order valence-corrected chi connectivity index (χ1v) is 19.2. The molecule has 11 heteroatoms. The third kappa shape index (κ3) is 32.3. The highest BCUT2D eigenvalue weighted by Gasteiger charge is 2.27. The minimum absolute atomic E-state index is 0.00320. The fraction of sp³-hybridized carbons (Fsp3) is 0.722. The van der Waals surface area contributed by atoms with Crippen LogP contribution in [0.15, 0.2) is 48.6 Å². The van der Waals surface area contributed by atoms with Gasteiger partial charge in [0.25, 0.3) is 0 Å². The topological polar surface area (TPSA) is 155 Å². The van der Waals surface area contributed by atoms with Gasteiger partial charge in [0, 0.05) is 13.0 Å². The molecule has 0 rings (SSSR count). The maximum Gasteiger partial charge on any atom is 0.472 e. The zero-order valence-electron chi connectivity index (χ0n) is 29.1. The summed E-state index contributed by atoms with van der Waals surface area (Å²) < 4.78 is 33.0. The third-order valence-corrected chi connectivity index (χ3v) is 8.07. The van der Waals surface area contributed by atoms with Crippen LogP contribution in [-0.4, -0.2) is 60.5 Å². The van der Waals surface area contributed by atoms with Crippen molar-refractivity contribution in [1.29, 1.82) is 0 Å². The van der Waals surface area contributed by atoms with E-state index in [1.807, 2.05) is 0 Å². The summed E-state index contributed by atoms with van der Waals surface area (Å²) in [7, 11) is -4.61. The maximum atomic E-state index is 12.4. The summed E-state index contributed by atoms with van der Waals surface area (Å²) >= 11 is 0. The lowest BCUT2D eigenvalue weighted by Crippen LogP contribution is -2.34. The number of hydrogen-bond donors (Lipinski definition) is 3. The van der Waals surface area contributed by atoms with Gasteiger partial charge in [-0.1, -0.05) is 120 Å². The molecular formula is C36H64NO9P. The molecule has 0 saturated heterocycles. The molecule has 0 aliphatic heterocycles. The van der Waals surface area contributed by atoms with Gasteiger partial charge in [0.1, 0.15) is 12.1 Å². The molecule has 3 atom stereocenters. The molecule has 0 radical (unpaired) electrons. The number of nitrogens with two attached hydrogens (primary N) is 1. The summed E-state index contributed by atoms with van der Waals surface area (Å²) in [5.74, 6) is -1.80. The number of aliphatic carboxylic acids is 1. The Morgan fingerprint density at radius 3 is 1.85 bits per heavy atom. The maximum absolute atomic E-state index is 12.4. The van der Waals surface area contributed by atoms with Crippen LogP contribution in [0.5, 0.6) is 0 Å². The predicted octanol–water partition coefficient (Wildman–Crippen LogP) is 8.75. The second kappa shape index (κ2) is 32.5. The van der Waals surface area contributed by atoms with Crippen molar-refractivity contribution in [3.8, 4) is 0 Å². The second-order valence-electron chi connectivity index (χ2n) is 11.6. The lowest BCUT2D eigenvalue weighted by molar-refractivity contribution is -0.154. The van der Waals surface area contributed by atoms with Crippen molar-refractivity contribution in [3.63, 3.8) is 0 Å². The largest absolute Gasteiger partial charge is 0.480 e. The van der Waals surface area contributed by atoms with E-state index in [4.69, 9.17) is 24.8 Å². The van der Waals surface area contributed by atoms with Crippen LogP contribution in [0.1, 0.15) is 129 Å². The molecule has 0 spiro atoms. The lowest BCUT2D eigenvalue weighted by Gasteiger charge is -2.20. The molecule has 3 unspecified atom stereocenters. The van der Waals surface area contributed by atoms with Crippen molar-refractivity contribution < 1.29 is 42.7 Å². The van der Waals surface area contributed by atoms with Crippen molar-refractivity contribution in [2.24, 2.45) is 5.73 Å². The van der Waals surface area contributed by atoms with E-state index in [1.54, 1.807) is 0 Å². The van der Waals surface area contributed by atoms with Crippen molar-refractivity contribution in [2.45, 2.75) is 142 Å². The Bertz CT molecular complexity index is 935. The number of unbranched alkanes of at least 4 members (excludes halogenated alkanes) is 11. The number of carbonyl (C=O) groups excluding carboxylic acids is 1. The zero-order chi connectivity index (χ0) is 34.9. The molecule has 47 heavy (non-hydrogen) atoms. The molecule has 0 aromatic heterocycles. The molecule has 0 saturated carbocycles. The Labute approximate surface area is 284 Å². The quantitative estimate of drug-likeness (QED) is 0.0264. The van der Waals surface area contributed by atoms with E-state index in [-0.39, 0.29) is 13.0 Å². The molecule has 10 nitrogen and oxygen atoms in total. The van der Waals surface area contributed by atoms with E-state index in [0.29, 0.717) is 13.0 Å². The Hall–Kier alpha value is -2.07. The van der Waals surface area contributed by atoms with Gasteiger partial charge in [-0.2, -0.15) is 0 Å². The van der Waals surface area contributed by atoms with Crippen LogP contribution in [0.25, 0.3) is 0 Å². The fourth-order valence-electron chi connectivity index (χ4n) is 4.36. The number of phosphoric ester groups is 1. The van der Waals surface area contributed by atoms with E-state index < -0.39 is 45.1 Å². The first-order chi connectivity index (χ1) is 22.7. The van der Waals surface area contributed by atoms with Crippen molar-refractivity contribution >= 4 is 19.8 Å². The average molecular weight is 686 g/mol. The second-order valence-corrected chi connectivity index (χ2v) is 13.1. The van der Waals surface area contributed by atoms with Crippen LogP contribution in [0.4, 0.5) is 0 Å². The van der Waals surface area contributed by atoms with E-state index >= 15 is 0 Å². The molecule has 0 amide bonds. The Kier molecular flexibility index (Phi) is 31.0. The summed E-state index contributed by atoms with van der Waals surface area (Å²) in [6.07, 6.45) is 34.7. The van der Waals surface area contributed by atoms with Gasteiger partial charge in [0.05, 0.1) is 19.8 Å². The monoisotopic (exact) mass is 685 g/mol. The number of phosphoric acid groups is 1. The van der Waals surface area contributed by atoms with Gasteiger partial charge in [0.15, 0.2) is 0 Å². The Balaban J connectivity index is 4.28. The van der Waals surface area contributed by atoms with Gasteiger partial charge in [-0.15, -0.1) is 0 Å². The predicted molar refractivity (Wildman–Crippen MR) is 189 cm³/mol. The first kappa shape index (κ1) is 44.9. The number of carboxylic acid groups (broad SMARTS) is 1. The van der Waals surface area contributed by atoms with Crippen LogP contribution in [-0.2, 0) is 32.7 Å². The highest BCUT2D eigenvalue weighted by Crippen LogP contribution is 2.43. The van der Waals surface area contributed by atoms with Crippen molar-refractivity contribution in [3.05, 3.63) is 48.6 Å². The number of allylic oxidation sites excluding steroid dienone is 8. The minimum atomic E-state index is -4.61. The van der Waals surface area contributed by atoms with Crippen LogP contribution in [0, 0.1) is 0 Å². The lowest BCUT2D eigenvalue weighted by atomic mass is 10.1. The third-order valence-electron chi connectivity index (χ3n) is 7.12. The molecule has 0 fully saturated rings. The number of hydrogen-bond acceptors (Lipinski definition) is 8. The summed E-state index contributed by atoms with van der Waals surface area (Å²) in [4.78, 5) is 33.2. The molecule has 0 aliphatic carbocycles. The van der Waals surface area contributed by atoms with E-state index in [1.165, 1.54) is 19.3 Å². The highest BCUT2D eigenvalue weighted by atomic mass is 31.2. The molecule has 4 N–H and O–H groups in total. The van der Waals surface area contributed by atoms with E-state index in [0.717, 1.165) is 83.5 Å². The summed E-state index contributed by atoms with van der Waals surface area (Å²) in [5.41, 5.74) is 5.31. The van der Waals surface area contributed by atoms with Gasteiger partial charge >= 0.3 is 19.8 Å². The summed E-state index contributed by atoms with van der Waals surface area (Å²) in [6.45, 7) is 3.64. The van der Waals surface area contributed by atoms with Gasteiger partial charge in [-0.25, -0.2) is 4.57 Å². The Morgan fingerprint density at radius 1 is 0.702 bits per heavy atom. The number of ether oxygens (including phenoxy) is 2. The van der Waals surface area contributed by atoms with Crippen LogP contribution >= 0.6 is 7.82 Å². The molecule has 0 aliphatic rings. The van der Waals surface area contributed by atoms with E-state index in [9.17, 15) is 19.0 Å². The number of carboxylic acids is 1. The molecule has 0 heterocycles. The molecule has 0 aromatic carbocycles. The zero-order valence-corrected chi connectivity index (χ0v) is 30.0. The molecule has 0 aromatic rings. The van der Waals surface area contributed by atoms with Crippen molar-refractivity contribution in [1.82, 2.24) is 0 Å². The van der Waals surface area contributed by atoms with Crippen molar-refractivity contribution in [2.75, 3.05) is 26.4 Å². The summed E-state index contributed by atoms with van der Waals surface area (Å²) in [5, 5.41) is 8.83. The number of esters is 1. The van der Waals surface area contributed by atoms with E-state index in [2.05, 4.69) is 67.0 Å². The standard InChI is InChI=1S/C36H64NO9P/c1-3-5-7-9-11-12-13-14-15-16-17-18-19-20-21-23-25-27-29-43-30-33(31-44-47(41,42)45-32-34(37)36(39)40)46-35(38)28-26-24-22-10-8-6-4-2/h5,7,11-12,14-15,17-18,33-34H,3-4,6,8-10,13,16,19-32,37H2,1-2H3,(H,39,40)(H,41,42)/b7-5-,12-11-,15-14-,18-17-. The molecular weight excluding hydrogens is 621 g/mol. The Morgan fingerprint density at radius 2 is 1.23 bits per heavy atom. The van der Waals surface area contributed by atoms with Gasteiger partial charge in [0.2, 0.25) is 0 Å². The highest BCUT2D eigenvalue weighted by molar-refractivity contribution is 7.47. The normalized spacial score (nSPS) is 14.8. The number of rotatable bonds is 33. The minimum Gasteiger partial charge on any atom is -0.480 e. The van der Waals surface area contributed by atoms with Gasteiger partial charge in [-0.3, -0.25) is 18.6 Å². The van der Waals surface area contributed by atoms with Gasteiger partial charge in [-0.05, 0) is 51.4 Å². The summed E-state index contributed by atoms with van der Waals surface area (Å²) in [6, 6.07) is -1.47. The smallest absolute Gasteiger partial charge is 0.472 e. The fourth-order valence-corrected chi connectivity index (χ4v) is 5.13. The van der Waals surface area contributed by atoms with Gasteiger partial charge < -0.3 is 25.2 Å². The van der Waals surface area contributed by atoms with Crippen LogP contribution in [0.3, 0.4) is 0 Å². The average Bonchev–Trinajstić information content (AvgIpc) is 3.04. The molecule has 272 valence electrons. The first-order valence-electron chi connectivity index (χ1n) is 17.7. The molecule has 0 bridgehead atoms. The SMILES string of the molecule is CC/C=C\C/C=C\C/C=C\C/C=C\CCCCCCCOCC(COP(=O)(O)OCC(N)C(=O)O)OC(=O)CCCCCCCCC. The number of carbonyl (C=O) groups is 2. The van der Waals surface area contributed by atoms with Crippen LogP contribution in [0.2, 0.25) is 0 Å².